The average molecular weight is 420 g/mol. The van der Waals surface area contributed by atoms with E-state index < -0.39 is 37.3 Å². The van der Waals surface area contributed by atoms with Gasteiger partial charge in [0.1, 0.15) is 41.7 Å². The molecule has 1 aliphatic heterocycles. The number of carbonyl (C=O) groups is 1. The molecule has 5 N–H and O–H groups in total. The Kier molecular flexibility index (Phi) is 6.91. The third kappa shape index (κ3) is 4.72. The van der Waals surface area contributed by atoms with Crippen molar-refractivity contribution in [2.45, 2.75) is 37.1 Å². The SMILES string of the molecule is COc1ccc(CC(=O)c2ccc(OC3O[C@H](CO)[C@@H](O)[C@H](O)[C@@H]3O)cc2O)cc1. The van der Waals surface area contributed by atoms with Crippen molar-refractivity contribution >= 4 is 5.78 Å². The molecule has 162 valence electrons. The number of ketones is 1. The lowest BCUT2D eigenvalue weighted by atomic mass is 9.99. The molecule has 0 aliphatic carbocycles. The molecule has 0 aromatic heterocycles. The van der Waals surface area contributed by atoms with Crippen LogP contribution in [0.2, 0.25) is 0 Å². The number of phenols is 1. The van der Waals surface area contributed by atoms with Gasteiger partial charge >= 0.3 is 0 Å². The third-order valence-corrected chi connectivity index (χ3v) is 4.89. The predicted molar refractivity (Wildman–Crippen MR) is 104 cm³/mol. The smallest absolute Gasteiger partial charge is 0.229 e. The second kappa shape index (κ2) is 9.41. The van der Waals surface area contributed by atoms with E-state index in [9.17, 15) is 30.3 Å². The van der Waals surface area contributed by atoms with Gasteiger partial charge in [-0.05, 0) is 29.8 Å². The Hall–Kier alpha value is -2.69. The van der Waals surface area contributed by atoms with Crippen molar-refractivity contribution in [1.82, 2.24) is 0 Å². The zero-order valence-corrected chi connectivity index (χ0v) is 16.2. The maximum Gasteiger partial charge on any atom is 0.229 e. The Labute approximate surface area is 172 Å². The summed E-state index contributed by atoms with van der Waals surface area (Å²) < 4.78 is 15.8. The molecular weight excluding hydrogens is 396 g/mol. The highest BCUT2D eigenvalue weighted by atomic mass is 16.7. The number of methoxy groups -OCH3 is 1. The van der Waals surface area contributed by atoms with Crippen molar-refractivity contribution in [3.63, 3.8) is 0 Å². The zero-order chi connectivity index (χ0) is 21.8. The number of hydrogen-bond donors (Lipinski definition) is 5. The number of aromatic hydroxyl groups is 1. The molecule has 2 aromatic carbocycles. The van der Waals surface area contributed by atoms with Crippen LogP contribution in [-0.4, -0.2) is 75.7 Å². The Morgan fingerprint density at radius 3 is 2.27 bits per heavy atom. The molecule has 0 amide bonds. The highest BCUT2D eigenvalue weighted by molar-refractivity contribution is 6.00. The molecule has 0 radical (unpaired) electrons. The minimum Gasteiger partial charge on any atom is -0.507 e. The molecule has 0 saturated carbocycles. The van der Waals surface area contributed by atoms with E-state index in [0.29, 0.717) is 5.75 Å². The number of Topliss-reactive ketones (excluding diaryl/α,β-unsaturated/α-hetero) is 1. The summed E-state index contributed by atoms with van der Waals surface area (Å²) in [6.45, 7) is -0.588. The van der Waals surface area contributed by atoms with Gasteiger partial charge in [-0.25, -0.2) is 0 Å². The summed E-state index contributed by atoms with van der Waals surface area (Å²) in [7, 11) is 1.55. The number of carbonyl (C=O) groups excluding carboxylic acids is 1. The Morgan fingerprint density at radius 2 is 1.67 bits per heavy atom. The standard InChI is InChI=1S/C21H24O9/c1-28-12-4-2-11(3-5-12)8-15(23)14-7-6-13(9-16(14)24)29-21-20(27)19(26)18(25)17(10-22)30-21/h2-7,9,17-22,24-27H,8,10H2,1H3/t17-,18-,19+,20+,21?/m1/s1. The van der Waals surface area contributed by atoms with Crippen LogP contribution in [0.15, 0.2) is 42.5 Å². The molecule has 0 spiro atoms. The van der Waals surface area contributed by atoms with Gasteiger partial charge in [0.2, 0.25) is 6.29 Å². The zero-order valence-electron chi connectivity index (χ0n) is 16.2. The molecule has 9 heteroatoms. The van der Waals surface area contributed by atoms with E-state index in [4.69, 9.17) is 14.2 Å². The molecule has 9 nitrogen and oxygen atoms in total. The van der Waals surface area contributed by atoms with Crippen molar-refractivity contribution in [2.75, 3.05) is 13.7 Å². The average Bonchev–Trinajstić information content (AvgIpc) is 2.74. The number of ether oxygens (including phenoxy) is 3. The second-order valence-corrected chi connectivity index (χ2v) is 6.94. The molecule has 2 aromatic rings. The van der Waals surface area contributed by atoms with Gasteiger partial charge < -0.3 is 39.7 Å². The van der Waals surface area contributed by atoms with Gasteiger partial charge in [-0.3, -0.25) is 4.79 Å². The summed E-state index contributed by atoms with van der Waals surface area (Å²) in [5, 5.41) is 49.1. The maximum atomic E-state index is 12.5. The summed E-state index contributed by atoms with van der Waals surface area (Å²) in [4.78, 5) is 12.5. The number of hydrogen-bond acceptors (Lipinski definition) is 9. The minimum atomic E-state index is -1.58. The molecule has 1 heterocycles. The fraction of sp³-hybridized carbons (Fsp3) is 0.381. The molecule has 1 aliphatic rings. The molecule has 1 fully saturated rings. The first kappa shape index (κ1) is 22.0. The van der Waals surface area contributed by atoms with Gasteiger partial charge in [0.15, 0.2) is 5.78 Å². The third-order valence-electron chi connectivity index (χ3n) is 4.89. The lowest BCUT2D eigenvalue weighted by Gasteiger charge is -2.39. The first-order valence-corrected chi connectivity index (χ1v) is 9.30. The number of rotatable bonds is 7. The Bertz CT molecular complexity index is 865. The molecule has 5 atom stereocenters. The van der Waals surface area contributed by atoms with Crippen LogP contribution in [0.4, 0.5) is 0 Å². The number of phenolic OH excluding ortho intramolecular Hbond substituents is 1. The summed E-state index contributed by atoms with van der Waals surface area (Å²) >= 11 is 0. The quantitative estimate of drug-likeness (QED) is 0.391. The van der Waals surface area contributed by atoms with Crippen LogP contribution in [0.1, 0.15) is 15.9 Å². The molecule has 30 heavy (non-hydrogen) atoms. The molecule has 1 unspecified atom stereocenters. The van der Waals surface area contributed by atoms with Crippen LogP contribution in [-0.2, 0) is 11.2 Å². The topological polar surface area (TPSA) is 146 Å². The molecular formula is C21H24O9. The van der Waals surface area contributed by atoms with E-state index in [-0.39, 0.29) is 29.3 Å². The Balaban J connectivity index is 1.69. The Morgan fingerprint density at radius 1 is 1.00 bits per heavy atom. The van der Waals surface area contributed by atoms with Crippen molar-refractivity contribution in [1.29, 1.82) is 0 Å². The summed E-state index contributed by atoms with van der Waals surface area (Å²) in [6.07, 6.45) is -7.10. The lowest BCUT2D eigenvalue weighted by molar-refractivity contribution is -0.277. The maximum absolute atomic E-state index is 12.5. The van der Waals surface area contributed by atoms with Gasteiger partial charge in [0, 0.05) is 12.5 Å². The van der Waals surface area contributed by atoms with Crippen LogP contribution in [0.5, 0.6) is 17.2 Å². The van der Waals surface area contributed by atoms with Gasteiger partial charge in [-0.15, -0.1) is 0 Å². The lowest BCUT2D eigenvalue weighted by Crippen LogP contribution is -2.60. The van der Waals surface area contributed by atoms with Gasteiger partial charge in [-0.1, -0.05) is 12.1 Å². The predicted octanol–water partition coefficient (Wildman–Crippen LogP) is 0.00490. The second-order valence-electron chi connectivity index (χ2n) is 6.94. The van der Waals surface area contributed by atoms with Crippen LogP contribution in [0, 0.1) is 0 Å². The van der Waals surface area contributed by atoms with Crippen molar-refractivity contribution in [3.05, 3.63) is 53.6 Å². The van der Waals surface area contributed by atoms with Crippen LogP contribution >= 0.6 is 0 Å². The fourth-order valence-corrected chi connectivity index (χ4v) is 3.14. The minimum absolute atomic E-state index is 0.0674. The van der Waals surface area contributed by atoms with E-state index in [0.717, 1.165) is 5.56 Å². The summed E-state index contributed by atoms with van der Waals surface area (Å²) in [6, 6.07) is 10.9. The van der Waals surface area contributed by atoms with Crippen LogP contribution in [0.3, 0.4) is 0 Å². The highest BCUT2D eigenvalue weighted by Crippen LogP contribution is 2.29. The summed E-state index contributed by atoms with van der Waals surface area (Å²) in [5.41, 5.74) is 0.841. The van der Waals surface area contributed by atoms with Gasteiger partial charge in [0.25, 0.3) is 0 Å². The monoisotopic (exact) mass is 420 g/mol. The summed E-state index contributed by atoms with van der Waals surface area (Å²) in [5.74, 6) is 0.106. The highest BCUT2D eigenvalue weighted by Gasteiger charge is 2.44. The number of aliphatic hydroxyl groups is 4. The van der Waals surface area contributed by atoms with Crippen molar-refractivity contribution < 1.29 is 44.5 Å². The molecule has 0 bridgehead atoms. The van der Waals surface area contributed by atoms with E-state index in [1.54, 1.807) is 31.4 Å². The van der Waals surface area contributed by atoms with Gasteiger partial charge in [0.05, 0.1) is 19.3 Å². The normalized spacial score (nSPS) is 26.2. The first-order chi connectivity index (χ1) is 14.3. The van der Waals surface area contributed by atoms with E-state index in [1.807, 2.05) is 0 Å². The van der Waals surface area contributed by atoms with E-state index in [2.05, 4.69) is 0 Å². The number of aliphatic hydroxyl groups excluding tert-OH is 4. The molecule has 3 rings (SSSR count). The molecule has 1 saturated heterocycles. The van der Waals surface area contributed by atoms with Crippen LogP contribution in [0.25, 0.3) is 0 Å². The van der Waals surface area contributed by atoms with E-state index in [1.165, 1.54) is 18.2 Å². The number of benzene rings is 2. The largest absolute Gasteiger partial charge is 0.507 e. The first-order valence-electron chi connectivity index (χ1n) is 9.30. The fourth-order valence-electron chi connectivity index (χ4n) is 3.14. The van der Waals surface area contributed by atoms with Crippen molar-refractivity contribution in [2.24, 2.45) is 0 Å². The van der Waals surface area contributed by atoms with E-state index >= 15 is 0 Å². The van der Waals surface area contributed by atoms with Crippen molar-refractivity contribution in [3.8, 4) is 17.2 Å². The van der Waals surface area contributed by atoms with Gasteiger partial charge in [-0.2, -0.15) is 0 Å². The van der Waals surface area contributed by atoms with Crippen LogP contribution < -0.4 is 9.47 Å².